The van der Waals surface area contributed by atoms with Crippen LogP contribution in [0.1, 0.15) is 23.8 Å². The monoisotopic (exact) mass is 261 g/mol. The summed E-state index contributed by atoms with van der Waals surface area (Å²) in [6.45, 7) is 0.690. The number of hydrogen-bond acceptors (Lipinski definition) is 3. The lowest BCUT2D eigenvalue weighted by Gasteiger charge is -2.17. The lowest BCUT2D eigenvalue weighted by Crippen LogP contribution is -2.16. The predicted octanol–water partition coefficient (Wildman–Crippen LogP) is 2.47. The standard InChI is InChI=1S/C12H14F3NO2/c13-12(14,15)10-4-2-1-3-9(10)11-17-7-8(18-11)5-6-16/h1-4,8,11H,5-7,16H2. The van der Waals surface area contributed by atoms with E-state index in [1.165, 1.54) is 18.2 Å². The first kappa shape index (κ1) is 13.3. The molecule has 1 aromatic carbocycles. The van der Waals surface area contributed by atoms with E-state index in [2.05, 4.69) is 0 Å². The fourth-order valence-corrected chi connectivity index (χ4v) is 1.91. The van der Waals surface area contributed by atoms with Crippen molar-refractivity contribution in [2.24, 2.45) is 5.73 Å². The second kappa shape index (κ2) is 5.26. The fraction of sp³-hybridized carbons (Fsp3) is 0.500. The van der Waals surface area contributed by atoms with Gasteiger partial charge in [-0.15, -0.1) is 0 Å². The highest BCUT2D eigenvalue weighted by molar-refractivity contribution is 5.31. The maximum Gasteiger partial charge on any atom is 0.416 e. The van der Waals surface area contributed by atoms with E-state index < -0.39 is 18.0 Å². The van der Waals surface area contributed by atoms with Crippen molar-refractivity contribution in [3.8, 4) is 0 Å². The summed E-state index contributed by atoms with van der Waals surface area (Å²) in [5.41, 5.74) is 4.68. The lowest BCUT2D eigenvalue weighted by atomic mass is 10.1. The van der Waals surface area contributed by atoms with Gasteiger partial charge in [0, 0.05) is 5.56 Å². The number of nitrogens with two attached hydrogens (primary N) is 1. The van der Waals surface area contributed by atoms with Crippen LogP contribution in [0.25, 0.3) is 0 Å². The molecule has 0 saturated carbocycles. The second-order valence-corrected chi connectivity index (χ2v) is 4.09. The minimum atomic E-state index is -4.41. The van der Waals surface area contributed by atoms with E-state index >= 15 is 0 Å². The topological polar surface area (TPSA) is 44.5 Å². The first-order chi connectivity index (χ1) is 8.52. The van der Waals surface area contributed by atoms with E-state index in [1.807, 2.05) is 0 Å². The van der Waals surface area contributed by atoms with Crippen molar-refractivity contribution < 1.29 is 22.6 Å². The molecule has 0 bridgehead atoms. The van der Waals surface area contributed by atoms with Gasteiger partial charge in [0.15, 0.2) is 6.29 Å². The van der Waals surface area contributed by atoms with Crippen molar-refractivity contribution in [2.75, 3.05) is 13.2 Å². The molecule has 18 heavy (non-hydrogen) atoms. The highest BCUT2D eigenvalue weighted by Crippen LogP contribution is 2.38. The molecule has 3 nitrogen and oxygen atoms in total. The smallest absolute Gasteiger partial charge is 0.346 e. The maximum atomic E-state index is 12.8. The molecule has 2 rings (SSSR count). The zero-order valence-electron chi connectivity index (χ0n) is 9.61. The predicted molar refractivity (Wildman–Crippen MR) is 58.7 cm³/mol. The third kappa shape index (κ3) is 2.82. The molecule has 0 aliphatic carbocycles. The molecule has 0 spiro atoms. The van der Waals surface area contributed by atoms with Crippen molar-refractivity contribution in [1.29, 1.82) is 0 Å². The molecule has 1 heterocycles. The number of halogens is 3. The van der Waals surface area contributed by atoms with Crippen LogP contribution in [0.2, 0.25) is 0 Å². The van der Waals surface area contributed by atoms with E-state index in [0.29, 0.717) is 13.0 Å². The van der Waals surface area contributed by atoms with Gasteiger partial charge in [-0.3, -0.25) is 0 Å². The molecule has 1 saturated heterocycles. The number of ether oxygens (including phenoxy) is 2. The Hall–Kier alpha value is -1.11. The van der Waals surface area contributed by atoms with E-state index in [9.17, 15) is 13.2 Å². The summed E-state index contributed by atoms with van der Waals surface area (Å²) in [6, 6.07) is 5.28. The Morgan fingerprint density at radius 2 is 2.00 bits per heavy atom. The Bertz CT molecular complexity index is 409. The summed E-state index contributed by atoms with van der Waals surface area (Å²) in [6.07, 6.45) is -5.03. The normalized spacial score (nSPS) is 24.4. The van der Waals surface area contributed by atoms with Crippen molar-refractivity contribution in [3.05, 3.63) is 35.4 Å². The van der Waals surface area contributed by atoms with Crippen molar-refractivity contribution in [2.45, 2.75) is 25.0 Å². The highest BCUT2D eigenvalue weighted by Gasteiger charge is 2.37. The lowest BCUT2D eigenvalue weighted by molar-refractivity contribution is -0.143. The first-order valence-electron chi connectivity index (χ1n) is 5.65. The molecule has 2 unspecified atom stereocenters. The molecule has 1 fully saturated rings. The molecule has 2 N–H and O–H groups in total. The van der Waals surface area contributed by atoms with E-state index in [4.69, 9.17) is 15.2 Å². The van der Waals surface area contributed by atoms with Crippen LogP contribution in [0.15, 0.2) is 24.3 Å². The summed E-state index contributed by atoms with van der Waals surface area (Å²) >= 11 is 0. The van der Waals surface area contributed by atoms with Crippen LogP contribution in [0.4, 0.5) is 13.2 Å². The molecule has 0 amide bonds. The van der Waals surface area contributed by atoms with Gasteiger partial charge in [-0.1, -0.05) is 18.2 Å². The van der Waals surface area contributed by atoms with Crippen LogP contribution < -0.4 is 5.73 Å². The van der Waals surface area contributed by atoms with Gasteiger partial charge in [0.2, 0.25) is 0 Å². The summed E-state index contributed by atoms with van der Waals surface area (Å²) in [4.78, 5) is 0. The van der Waals surface area contributed by atoms with Gasteiger partial charge >= 0.3 is 6.18 Å². The second-order valence-electron chi connectivity index (χ2n) is 4.09. The summed E-state index contributed by atoms with van der Waals surface area (Å²) in [5.74, 6) is 0. The Morgan fingerprint density at radius 3 is 2.67 bits per heavy atom. The van der Waals surface area contributed by atoms with E-state index in [0.717, 1.165) is 6.07 Å². The molecular weight excluding hydrogens is 247 g/mol. The Morgan fingerprint density at radius 1 is 1.28 bits per heavy atom. The number of rotatable bonds is 3. The minimum Gasteiger partial charge on any atom is -0.346 e. The Balaban J connectivity index is 2.19. The minimum absolute atomic E-state index is 0.0181. The van der Waals surface area contributed by atoms with Gasteiger partial charge in [-0.25, -0.2) is 0 Å². The summed E-state index contributed by atoms with van der Waals surface area (Å²) in [7, 11) is 0. The SMILES string of the molecule is NCCC1COC(c2ccccc2C(F)(F)F)O1. The maximum absolute atomic E-state index is 12.8. The third-order valence-corrected chi connectivity index (χ3v) is 2.76. The molecule has 1 aliphatic heterocycles. The van der Waals surface area contributed by atoms with Gasteiger partial charge in [-0.2, -0.15) is 13.2 Å². The summed E-state index contributed by atoms with van der Waals surface area (Å²) < 4.78 is 49.1. The van der Waals surface area contributed by atoms with Gasteiger partial charge in [0.25, 0.3) is 0 Å². The van der Waals surface area contributed by atoms with Gasteiger partial charge in [0.1, 0.15) is 0 Å². The average molecular weight is 261 g/mol. The molecule has 1 aliphatic rings. The van der Waals surface area contributed by atoms with Gasteiger partial charge < -0.3 is 15.2 Å². The van der Waals surface area contributed by atoms with Crippen molar-refractivity contribution in [1.82, 2.24) is 0 Å². The number of alkyl halides is 3. The van der Waals surface area contributed by atoms with Crippen LogP contribution in [0.5, 0.6) is 0 Å². The molecule has 0 radical (unpaired) electrons. The van der Waals surface area contributed by atoms with E-state index in [-0.39, 0.29) is 18.3 Å². The summed E-state index contributed by atoms with van der Waals surface area (Å²) in [5, 5.41) is 0. The van der Waals surface area contributed by atoms with Crippen LogP contribution in [0, 0.1) is 0 Å². The van der Waals surface area contributed by atoms with Gasteiger partial charge in [-0.05, 0) is 19.0 Å². The molecule has 1 aromatic rings. The fourth-order valence-electron chi connectivity index (χ4n) is 1.91. The zero-order valence-corrected chi connectivity index (χ0v) is 9.61. The molecule has 100 valence electrons. The van der Waals surface area contributed by atoms with Crippen LogP contribution in [0.3, 0.4) is 0 Å². The average Bonchev–Trinajstić information content (AvgIpc) is 2.77. The Labute approximate surface area is 103 Å². The van der Waals surface area contributed by atoms with E-state index in [1.54, 1.807) is 0 Å². The molecule has 6 heteroatoms. The third-order valence-electron chi connectivity index (χ3n) is 2.76. The number of hydrogen-bond donors (Lipinski definition) is 1. The molecule has 0 aromatic heterocycles. The highest BCUT2D eigenvalue weighted by atomic mass is 19.4. The van der Waals surface area contributed by atoms with Crippen LogP contribution >= 0.6 is 0 Å². The largest absolute Gasteiger partial charge is 0.416 e. The quantitative estimate of drug-likeness (QED) is 0.909. The van der Waals surface area contributed by atoms with Crippen molar-refractivity contribution in [3.63, 3.8) is 0 Å². The van der Waals surface area contributed by atoms with Crippen LogP contribution in [-0.4, -0.2) is 19.3 Å². The van der Waals surface area contributed by atoms with Gasteiger partial charge in [0.05, 0.1) is 18.3 Å². The first-order valence-corrected chi connectivity index (χ1v) is 5.65. The Kier molecular flexibility index (Phi) is 3.89. The van der Waals surface area contributed by atoms with Crippen molar-refractivity contribution >= 4 is 0 Å². The zero-order chi connectivity index (χ0) is 13.2. The molecule has 2 atom stereocenters. The molecular formula is C12H14F3NO2. The number of benzene rings is 1. The van der Waals surface area contributed by atoms with Crippen LogP contribution in [-0.2, 0) is 15.7 Å².